The van der Waals surface area contributed by atoms with Crippen molar-refractivity contribution in [3.05, 3.63) is 107 Å². The molecule has 0 fully saturated rings. The lowest BCUT2D eigenvalue weighted by Crippen LogP contribution is -2.22. The zero-order valence-electron chi connectivity index (χ0n) is 15.3. The predicted octanol–water partition coefficient (Wildman–Crippen LogP) is 4.79. The van der Waals surface area contributed by atoms with E-state index in [4.69, 9.17) is 12.2 Å². The number of H-pyrrole nitrogens is 1. The maximum Gasteiger partial charge on any atom is 0.275 e. The zero-order valence-corrected chi connectivity index (χ0v) is 16.1. The lowest BCUT2D eigenvalue weighted by molar-refractivity contribution is 0.514. The molecule has 0 radical (unpaired) electrons. The Morgan fingerprint density at radius 1 is 0.897 bits per heavy atom. The number of anilines is 1. The van der Waals surface area contributed by atoms with E-state index in [2.05, 4.69) is 15.3 Å². The van der Waals surface area contributed by atoms with E-state index in [1.54, 1.807) is 36.4 Å². The Morgan fingerprint density at radius 3 is 2.24 bits per heavy atom. The van der Waals surface area contributed by atoms with Gasteiger partial charge < -0.3 is 15.4 Å². The van der Waals surface area contributed by atoms with Gasteiger partial charge in [0.25, 0.3) is 5.56 Å². The molecule has 3 aromatic carbocycles. The Labute approximate surface area is 172 Å². The van der Waals surface area contributed by atoms with Gasteiger partial charge in [0.2, 0.25) is 0 Å². The Bertz CT molecular complexity index is 1270. The minimum Gasteiger partial charge on any atom is -0.506 e. The number of nitrogens with zero attached hydrogens (tertiary/aromatic N) is 1. The quantitative estimate of drug-likeness (QED) is 0.261. The molecule has 1 aromatic heterocycles. The molecule has 142 valence electrons. The van der Waals surface area contributed by atoms with Crippen molar-refractivity contribution in [1.29, 1.82) is 0 Å². The van der Waals surface area contributed by atoms with Crippen molar-refractivity contribution < 1.29 is 5.11 Å². The molecule has 4 aromatic rings. The van der Waals surface area contributed by atoms with Crippen LogP contribution in [0, 0.1) is 0 Å². The molecule has 0 atom stereocenters. The first-order valence-electron chi connectivity index (χ1n) is 8.98. The Morgan fingerprint density at radius 2 is 1.52 bits per heavy atom. The van der Waals surface area contributed by atoms with Crippen molar-refractivity contribution in [3.63, 3.8) is 0 Å². The van der Waals surface area contributed by atoms with Crippen LogP contribution in [-0.4, -0.2) is 20.1 Å². The lowest BCUT2D eigenvalue weighted by atomic mass is 10.0. The van der Waals surface area contributed by atoms with E-state index in [-0.39, 0.29) is 22.0 Å². The number of aliphatic hydroxyl groups excluding tert-OH is 1. The van der Waals surface area contributed by atoms with E-state index in [0.717, 1.165) is 5.69 Å². The van der Waals surface area contributed by atoms with Crippen molar-refractivity contribution in [1.82, 2.24) is 9.97 Å². The molecular formula is C23H17N3O2S. The van der Waals surface area contributed by atoms with Crippen molar-refractivity contribution in [2.75, 3.05) is 5.32 Å². The van der Waals surface area contributed by atoms with Gasteiger partial charge in [0, 0.05) is 11.3 Å². The summed E-state index contributed by atoms with van der Waals surface area (Å²) in [5, 5.41) is 14.1. The fraction of sp³-hybridized carbons (Fsp3) is 0. The van der Waals surface area contributed by atoms with Crippen molar-refractivity contribution in [2.24, 2.45) is 0 Å². The number of aliphatic hydroxyl groups is 1. The van der Waals surface area contributed by atoms with Crippen LogP contribution in [0.5, 0.6) is 0 Å². The smallest absolute Gasteiger partial charge is 0.275 e. The summed E-state index contributed by atoms with van der Waals surface area (Å²) in [4.78, 5) is 20.3. The summed E-state index contributed by atoms with van der Waals surface area (Å²) in [6, 6.07) is 25.5. The molecule has 0 aliphatic rings. The van der Waals surface area contributed by atoms with E-state index >= 15 is 0 Å². The van der Waals surface area contributed by atoms with Gasteiger partial charge in [-0.1, -0.05) is 72.9 Å². The van der Waals surface area contributed by atoms with E-state index < -0.39 is 5.56 Å². The van der Waals surface area contributed by atoms with Gasteiger partial charge in [-0.2, -0.15) is 0 Å². The number of aromatic amines is 1. The molecule has 0 saturated carbocycles. The number of hydrogen-bond acceptors (Lipinski definition) is 4. The van der Waals surface area contributed by atoms with Crippen molar-refractivity contribution in [3.8, 4) is 0 Å². The van der Waals surface area contributed by atoms with Gasteiger partial charge in [-0.3, -0.25) is 4.79 Å². The summed E-state index contributed by atoms with van der Waals surface area (Å²) < 4.78 is 0. The highest BCUT2D eigenvalue weighted by atomic mass is 32.1. The standard InChI is InChI=1S/C23H17N3O2S/c27-21(15-9-3-1-4-10-15)19(23(29)24-16-11-5-2-6-12-16)20-22(28)26-18-14-8-7-13-17(18)25-20/h1-14,27H,(H,24,29)(H,26,28)/b21-19+. The number of hydrogen-bond donors (Lipinski definition) is 3. The third-order valence-corrected chi connectivity index (χ3v) is 4.69. The van der Waals surface area contributed by atoms with Crippen molar-refractivity contribution in [2.45, 2.75) is 0 Å². The Balaban J connectivity index is 1.90. The van der Waals surface area contributed by atoms with Gasteiger partial charge >= 0.3 is 0 Å². The van der Waals surface area contributed by atoms with E-state index in [1.165, 1.54) is 0 Å². The highest BCUT2D eigenvalue weighted by molar-refractivity contribution is 7.81. The van der Waals surface area contributed by atoms with Gasteiger partial charge in [-0.25, -0.2) is 4.98 Å². The Kier molecular flexibility index (Phi) is 5.18. The van der Waals surface area contributed by atoms with Gasteiger partial charge in [0.1, 0.15) is 16.4 Å². The highest BCUT2D eigenvalue weighted by Crippen LogP contribution is 2.25. The van der Waals surface area contributed by atoms with Crippen molar-refractivity contribution >= 4 is 45.3 Å². The number of benzene rings is 3. The molecule has 0 bridgehead atoms. The number of aromatic nitrogens is 2. The third-order valence-electron chi connectivity index (χ3n) is 4.38. The van der Waals surface area contributed by atoms with Crippen LogP contribution in [0.15, 0.2) is 89.7 Å². The minimum absolute atomic E-state index is 0.0542. The van der Waals surface area contributed by atoms with E-state index in [1.807, 2.05) is 48.5 Å². The van der Waals surface area contributed by atoms with Crippen LogP contribution in [-0.2, 0) is 0 Å². The molecule has 1 heterocycles. The molecule has 6 heteroatoms. The first-order chi connectivity index (χ1) is 14.1. The number of nitrogens with one attached hydrogen (secondary N) is 2. The molecule has 0 aliphatic heterocycles. The number of fused-ring (bicyclic) bond motifs is 1. The molecule has 0 amide bonds. The second kappa shape index (κ2) is 8.08. The second-order valence-corrected chi connectivity index (χ2v) is 6.75. The Hall–Kier alpha value is -3.77. The summed E-state index contributed by atoms with van der Waals surface area (Å²) in [6.07, 6.45) is 0. The third kappa shape index (κ3) is 3.93. The van der Waals surface area contributed by atoms with Gasteiger partial charge in [-0.15, -0.1) is 0 Å². The maximum atomic E-state index is 12.8. The van der Waals surface area contributed by atoms with Crippen LogP contribution in [0.1, 0.15) is 11.3 Å². The molecule has 0 saturated heterocycles. The lowest BCUT2D eigenvalue weighted by Gasteiger charge is -2.14. The zero-order chi connectivity index (χ0) is 20.2. The summed E-state index contributed by atoms with van der Waals surface area (Å²) in [5.41, 5.74) is 2.28. The molecule has 3 N–H and O–H groups in total. The molecular weight excluding hydrogens is 382 g/mol. The van der Waals surface area contributed by atoms with Gasteiger partial charge in [0.05, 0.1) is 16.6 Å². The summed E-state index contributed by atoms with van der Waals surface area (Å²) in [5.74, 6) is -0.118. The molecule has 0 spiro atoms. The predicted molar refractivity (Wildman–Crippen MR) is 121 cm³/mol. The molecule has 29 heavy (non-hydrogen) atoms. The van der Waals surface area contributed by atoms with E-state index in [0.29, 0.717) is 16.6 Å². The van der Waals surface area contributed by atoms with Crippen LogP contribution >= 0.6 is 12.2 Å². The second-order valence-electron chi connectivity index (χ2n) is 6.34. The molecule has 0 unspecified atom stereocenters. The number of rotatable bonds is 4. The fourth-order valence-corrected chi connectivity index (χ4v) is 3.29. The molecule has 0 aliphatic carbocycles. The summed E-state index contributed by atoms with van der Waals surface area (Å²) in [6.45, 7) is 0. The fourth-order valence-electron chi connectivity index (χ4n) is 2.98. The van der Waals surface area contributed by atoms with Crippen LogP contribution in [0.2, 0.25) is 0 Å². The highest BCUT2D eigenvalue weighted by Gasteiger charge is 2.21. The average molecular weight is 399 g/mol. The minimum atomic E-state index is -0.432. The molecule has 4 rings (SSSR count). The summed E-state index contributed by atoms with van der Waals surface area (Å²) >= 11 is 5.58. The van der Waals surface area contributed by atoms with Crippen LogP contribution in [0.4, 0.5) is 5.69 Å². The summed E-state index contributed by atoms with van der Waals surface area (Å²) in [7, 11) is 0. The number of thiocarbonyl (C=S) groups is 1. The van der Waals surface area contributed by atoms with Gasteiger partial charge in [0.15, 0.2) is 0 Å². The molecule has 5 nitrogen and oxygen atoms in total. The average Bonchev–Trinajstić information content (AvgIpc) is 2.75. The van der Waals surface area contributed by atoms with E-state index in [9.17, 15) is 9.90 Å². The first-order valence-corrected chi connectivity index (χ1v) is 9.39. The first kappa shape index (κ1) is 18.6. The van der Waals surface area contributed by atoms with Crippen LogP contribution < -0.4 is 10.9 Å². The monoisotopic (exact) mass is 399 g/mol. The van der Waals surface area contributed by atoms with Crippen LogP contribution in [0.25, 0.3) is 22.4 Å². The van der Waals surface area contributed by atoms with Gasteiger partial charge in [-0.05, 0) is 24.3 Å². The van der Waals surface area contributed by atoms with Crippen LogP contribution in [0.3, 0.4) is 0 Å². The SMILES string of the molecule is O=c1[nH]c2ccccc2nc1/C(C(=S)Nc1ccccc1)=C(\O)c1ccccc1. The maximum absolute atomic E-state index is 12.8. The normalized spacial score (nSPS) is 11.7. The topological polar surface area (TPSA) is 78.0 Å². The largest absolute Gasteiger partial charge is 0.506 e. The number of para-hydroxylation sites is 3.